The van der Waals surface area contributed by atoms with Gasteiger partial charge in [-0.2, -0.15) is 0 Å². The van der Waals surface area contributed by atoms with Crippen LogP contribution in [0.5, 0.6) is 5.75 Å². The molecular weight excluding hydrogens is 386 g/mol. The Kier molecular flexibility index (Phi) is 9.88. The summed E-state index contributed by atoms with van der Waals surface area (Å²) in [5.74, 6) is 0.793. The largest absolute Gasteiger partial charge is 0.497 e. The van der Waals surface area contributed by atoms with E-state index in [1.54, 1.807) is 13.2 Å². The summed E-state index contributed by atoms with van der Waals surface area (Å²) in [5, 5.41) is 3.01. The number of carbonyl (C=O) groups excluding carboxylic acids is 1. The van der Waals surface area contributed by atoms with Crippen LogP contribution in [0.1, 0.15) is 63.4 Å². The first-order valence-electron chi connectivity index (χ1n) is 12.2. The number of hydrogen-bond donors (Lipinski definition) is 1. The highest BCUT2D eigenvalue weighted by atomic mass is 16.5. The zero-order valence-electron chi connectivity index (χ0n) is 19.5. The lowest BCUT2D eigenvalue weighted by Gasteiger charge is -2.40. The van der Waals surface area contributed by atoms with Crippen LogP contribution in [0.15, 0.2) is 30.3 Å². The highest BCUT2D eigenvalue weighted by Crippen LogP contribution is 2.25. The summed E-state index contributed by atoms with van der Waals surface area (Å²) in [7, 11) is 4.02. The summed E-state index contributed by atoms with van der Waals surface area (Å²) < 4.78 is 5.15. The van der Waals surface area contributed by atoms with Gasteiger partial charge in [0.1, 0.15) is 5.75 Å². The average Bonchev–Trinajstić information content (AvgIpc) is 3.10. The van der Waals surface area contributed by atoms with Gasteiger partial charge in [0.05, 0.1) is 7.11 Å². The number of nitrogens with one attached hydrogen (secondary N) is 1. The molecule has 0 atom stereocenters. The summed E-state index contributed by atoms with van der Waals surface area (Å²) in [6.07, 6.45) is 15.5. The van der Waals surface area contributed by atoms with E-state index >= 15 is 0 Å². The summed E-state index contributed by atoms with van der Waals surface area (Å²) in [6, 6.07) is 9.24. The third-order valence-electron chi connectivity index (χ3n) is 7.03. The van der Waals surface area contributed by atoms with Gasteiger partial charge in [-0.25, -0.2) is 0 Å². The van der Waals surface area contributed by atoms with Crippen molar-refractivity contribution in [3.63, 3.8) is 0 Å². The molecule has 0 unspecified atom stereocenters. The molecule has 0 spiro atoms. The minimum absolute atomic E-state index is 0.0282. The van der Waals surface area contributed by atoms with Crippen molar-refractivity contribution in [1.29, 1.82) is 0 Å². The number of hydrogen-bond acceptors (Lipinski definition) is 4. The fourth-order valence-electron chi connectivity index (χ4n) is 4.97. The van der Waals surface area contributed by atoms with Crippen LogP contribution in [-0.4, -0.2) is 68.1 Å². The number of nitrogens with zero attached hydrogens (tertiary/aromatic N) is 2. The van der Waals surface area contributed by atoms with Crippen LogP contribution < -0.4 is 10.1 Å². The summed E-state index contributed by atoms with van der Waals surface area (Å²) in [6.45, 7) is 4.18. The number of likely N-dealkylation sites (tertiary alicyclic amines) is 1. The Balaban J connectivity index is 1.28. The molecule has 2 aliphatic rings. The molecule has 1 aromatic carbocycles. The molecule has 0 bridgehead atoms. The Labute approximate surface area is 188 Å². The molecule has 0 radical (unpaired) electrons. The van der Waals surface area contributed by atoms with Crippen molar-refractivity contribution in [3.8, 4) is 5.75 Å². The van der Waals surface area contributed by atoms with Crippen LogP contribution in [0.2, 0.25) is 0 Å². The molecule has 2 fully saturated rings. The molecule has 1 aliphatic carbocycles. The zero-order valence-corrected chi connectivity index (χ0v) is 19.5. The maximum absolute atomic E-state index is 12.0. The predicted molar refractivity (Wildman–Crippen MR) is 128 cm³/mol. The Bertz CT molecular complexity index is 672. The molecule has 1 amide bonds. The minimum atomic E-state index is -0.0282. The molecular formula is C26H41N3O2. The van der Waals surface area contributed by atoms with Gasteiger partial charge in [0.15, 0.2) is 0 Å². The molecule has 1 heterocycles. The third kappa shape index (κ3) is 7.97. The fraction of sp³-hybridized carbons (Fsp3) is 0.654. The first-order chi connectivity index (χ1) is 15.2. The van der Waals surface area contributed by atoms with E-state index in [2.05, 4.69) is 22.2 Å². The van der Waals surface area contributed by atoms with E-state index in [-0.39, 0.29) is 5.91 Å². The van der Waals surface area contributed by atoms with Crippen molar-refractivity contribution < 1.29 is 9.53 Å². The summed E-state index contributed by atoms with van der Waals surface area (Å²) in [5.41, 5.74) is 0.993. The quantitative estimate of drug-likeness (QED) is 0.362. The Morgan fingerprint density at radius 1 is 1.06 bits per heavy atom. The van der Waals surface area contributed by atoms with Crippen molar-refractivity contribution in [1.82, 2.24) is 15.1 Å². The second-order valence-corrected chi connectivity index (χ2v) is 9.13. The van der Waals surface area contributed by atoms with Crippen molar-refractivity contribution >= 4 is 12.0 Å². The van der Waals surface area contributed by atoms with Gasteiger partial charge in [0.2, 0.25) is 5.91 Å². The maximum Gasteiger partial charge on any atom is 0.243 e. The molecule has 1 N–H and O–H groups in total. The molecule has 5 heteroatoms. The van der Waals surface area contributed by atoms with Crippen LogP contribution in [0.3, 0.4) is 0 Å². The van der Waals surface area contributed by atoms with Gasteiger partial charge in [0, 0.05) is 24.7 Å². The standard InChI is InChI=1S/C26H41N3O2/c1-28(23-8-5-3-4-6-9-23)24-16-20-29(21-17-24)19-7-18-27-26(30)15-12-22-10-13-25(31-2)14-11-22/h10-15,23-24H,3-9,16-21H2,1-2H3,(H,27,30). The number of benzene rings is 1. The Hall–Kier alpha value is -1.85. The van der Waals surface area contributed by atoms with Crippen LogP contribution in [0, 0.1) is 0 Å². The first kappa shape index (κ1) is 23.8. The molecule has 5 nitrogen and oxygen atoms in total. The van der Waals surface area contributed by atoms with Gasteiger partial charge in [-0.1, -0.05) is 37.8 Å². The number of piperidine rings is 1. The summed E-state index contributed by atoms with van der Waals surface area (Å²) >= 11 is 0. The van der Waals surface area contributed by atoms with Gasteiger partial charge in [0.25, 0.3) is 0 Å². The molecule has 1 saturated carbocycles. The molecule has 31 heavy (non-hydrogen) atoms. The highest BCUT2D eigenvalue weighted by molar-refractivity contribution is 5.91. The maximum atomic E-state index is 12.0. The minimum Gasteiger partial charge on any atom is -0.497 e. The van der Waals surface area contributed by atoms with Gasteiger partial charge in [-0.05, 0) is 82.6 Å². The number of rotatable bonds is 9. The van der Waals surface area contributed by atoms with E-state index < -0.39 is 0 Å². The van der Waals surface area contributed by atoms with E-state index in [1.807, 2.05) is 30.3 Å². The molecule has 0 aromatic heterocycles. The van der Waals surface area contributed by atoms with Gasteiger partial charge in [-0.3, -0.25) is 4.79 Å². The van der Waals surface area contributed by atoms with Crippen LogP contribution in [0.25, 0.3) is 6.08 Å². The number of ether oxygens (including phenoxy) is 1. The lowest BCUT2D eigenvalue weighted by molar-refractivity contribution is -0.116. The fourth-order valence-corrected chi connectivity index (χ4v) is 4.97. The number of carbonyl (C=O) groups is 1. The summed E-state index contributed by atoms with van der Waals surface area (Å²) in [4.78, 5) is 17.3. The molecule has 1 aromatic rings. The third-order valence-corrected chi connectivity index (χ3v) is 7.03. The van der Waals surface area contributed by atoms with E-state index in [0.29, 0.717) is 0 Å². The van der Waals surface area contributed by atoms with Crippen molar-refractivity contribution in [2.75, 3.05) is 40.3 Å². The SMILES string of the molecule is COc1ccc(C=CC(=O)NCCCN2CCC(N(C)C3CCCCCC3)CC2)cc1. The first-order valence-corrected chi connectivity index (χ1v) is 12.2. The van der Waals surface area contributed by atoms with Crippen LogP contribution in [0.4, 0.5) is 0 Å². The van der Waals surface area contributed by atoms with Crippen molar-refractivity contribution in [2.24, 2.45) is 0 Å². The topological polar surface area (TPSA) is 44.8 Å². The second-order valence-electron chi connectivity index (χ2n) is 9.13. The van der Waals surface area contributed by atoms with Gasteiger partial charge in [-0.15, -0.1) is 0 Å². The molecule has 172 valence electrons. The average molecular weight is 428 g/mol. The monoisotopic (exact) mass is 427 g/mol. The van der Waals surface area contributed by atoms with E-state index in [1.165, 1.54) is 64.5 Å². The second kappa shape index (κ2) is 12.9. The van der Waals surface area contributed by atoms with Gasteiger partial charge >= 0.3 is 0 Å². The highest BCUT2D eigenvalue weighted by Gasteiger charge is 2.27. The van der Waals surface area contributed by atoms with E-state index in [9.17, 15) is 4.79 Å². The van der Waals surface area contributed by atoms with Crippen molar-refractivity contribution in [3.05, 3.63) is 35.9 Å². The zero-order chi connectivity index (χ0) is 21.9. The van der Waals surface area contributed by atoms with Crippen molar-refractivity contribution in [2.45, 2.75) is 69.9 Å². The smallest absolute Gasteiger partial charge is 0.243 e. The number of methoxy groups -OCH3 is 1. The lowest BCUT2D eigenvalue weighted by atomic mass is 9.99. The molecule has 1 aliphatic heterocycles. The Morgan fingerprint density at radius 3 is 2.35 bits per heavy atom. The molecule has 1 saturated heterocycles. The predicted octanol–water partition coefficient (Wildman–Crippen LogP) is 4.33. The van der Waals surface area contributed by atoms with Crippen LogP contribution >= 0.6 is 0 Å². The van der Waals surface area contributed by atoms with E-state index in [4.69, 9.17) is 4.74 Å². The van der Waals surface area contributed by atoms with E-state index in [0.717, 1.165) is 42.9 Å². The Morgan fingerprint density at radius 2 is 1.71 bits per heavy atom. The normalized spacial score (nSPS) is 19.6. The van der Waals surface area contributed by atoms with Crippen LogP contribution in [-0.2, 0) is 4.79 Å². The molecule has 3 rings (SSSR count). The number of amides is 1. The van der Waals surface area contributed by atoms with Gasteiger partial charge < -0.3 is 19.9 Å². The lowest BCUT2D eigenvalue weighted by Crippen LogP contribution is -2.47.